The van der Waals surface area contributed by atoms with Gasteiger partial charge < -0.3 is 233 Å². The van der Waals surface area contributed by atoms with Crippen LogP contribution < -0.4 is 5.32 Å². The zero-order valence-electron chi connectivity index (χ0n) is 62.2. The minimum atomic E-state index is -2.44. The summed E-state index contributed by atoms with van der Waals surface area (Å²) in [6.07, 6.45) is -84.9. The molecule has 0 aromatic carbocycles. The summed E-state index contributed by atoms with van der Waals surface area (Å²) in [7, 11) is 0. The van der Waals surface area contributed by atoms with Crippen molar-refractivity contribution in [3.63, 3.8) is 0 Å². The Labute approximate surface area is 649 Å². The minimum absolute atomic E-state index is 0.727. The summed E-state index contributed by atoms with van der Waals surface area (Å²) >= 11 is 0. The highest BCUT2D eigenvalue weighted by molar-refractivity contribution is 5.73. The Hall–Kier alpha value is -2.37. The van der Waals surface area contributed by atoms with Gasteiger partial charge in [0.15, 0.2) is 62.9 Å². The van der Waals surface area contributed by atoms with Gasteiger partial charge >= 0.3 is 0 Å². The maximum atomic E-state index is 12.7. The number of aliphatic hydroxyl groups excluding tert-OH is 27. The van der Waals surface area contributed by atoms with Gasteiger partial charge in [-0.05, 0) is 0 Å². The van der Waals surface area contributed by atoms with Crippen LogP contribution in [0.1, 0.15) is 34.6 Å². The summed E-state index contributed by atoms with van der Waals surface area (Å²) in [5.41, 5.74) is 0. The molecule has 0 radical (unpaired) electrons. The van der Waals surface area contributed by atoms with E-state index in [0.29, 0.717) is 0 Å². The Bertz CT molecular complexity index is 2910. The lowest BCUT2D eigenvalue weighted by Crippen LogP contribution is -2.68. The van der Waals surface area contributed by atoms with Gasteiger partial charge in [0.25, 0.3) is 0 Å². The first kappa shape index (κ1) is 93.9. The molecule has 10 aliphatic rings. The Morgan fingerprint density at radius 3 is 0.930 bits per heavy atom. The molecule has 10 heterocycles. The molecule has 0 spiro atoms. The first-order valence-electron chi connectivity index (χ1n) is 37.5. The third-order valence-electron chi connectivity index (χ3n) is 22.6. The monoisotopic (exact) mass is 1670 g/mol. The van der Waals surface area contributed by atoms with Crippen molar-refractivity contribution in [2.75, 3.05) is 66.1 Å². The zero-order valence-corrected chi connectivity index (χ0v) is 62.2. The standard InChI is InChI=1S/C66H113NO47/c1-16-32(77)36(81)21(6-68)99-58(16)96-14-29-40(85)46(91)55(113-60-18(3)34(79)50(26(11-73)104-60)109-62-47(92)43(88)37(82)22(7-69)100-62)65(107-29)97-15-30-41(86)54(49(94)64(106-30)111-52-28(13-75)103-59(17(2)33(52)78)108-53-25(10-72)98-57(95)31(42(53)87)67-20(5)76)112-66-56(45(90)39(84)24(9-71)102-66)114-61-19(4)35(80)51(27(12-74)105-61)110-63-48(93)44(89)38(83)23(8-70)101-63/h16-19,21-66,68-75,77-95H,6-15H2,1-5H3,(H,67,76)/t16?,17?,18?,19?,21?,22?,23?,24?,25?,26?,27?,28?,29?,30?,31?,32-,33-,34-,35-,36-,37+,38+,39+,40-,41-,42-,43+,44+,45?,46+,47?,48?,49?,50-,51-,52-,53-,54+,55?,56+,57?,58-,59+,60+,61+,62+,63+,64+,65+,66+/m1/s1. The molecule has 0 aliphatic carbocycles. The van der Waals surface area contributed by atoms with Gasteiger partial charge in [0.2, 0.25) is 5.91 Å². The van der Waals surface area contributed by atoms with Crippen molar-refractivity contribution in [1.29, 1.82) is 0 Å². The smallest absolute Gasteiger partial charge is 0.217 e. The Balaban J connectivity index is 0.959. The topological polar surface area (TPSA) is 751 Å². The zero-order chi connectivity index (χ0) is 83.7. The van der Waals surface area contributed by atoms with Crippen LogP contribution in [0.4, 0.5) is 0 Å². The molecule has 10 saturated heterocycles. The molecule has 10 fully saturated rings. The van der Waals surface area contributed by atoms with E-state index in [1.54, 1.807) is 0 Å². The predicted molar refractivity (Wildman–Crippen MR) is 354 cm³/mol. The summed E-state index contributed by atoms with van der Waals surface area (Å²) in [6.45, 7) is -3.23. The fourth-order valence-electron chi connectivity index (χ4n) is 15.4. The lowest BCUT2D eigenvalue weighted by molar-refractivity contribution is -0.402. The third kappa shape index (κ3) is 19.8. The van der Waals surface area contributed by atoms with Crippen LogP contribution in [0.2, 0.25) is 0 Å². The Kier molecular flexibility index (Phi) is 33.6. The minimum Gasteiger partial charge on any atom is -0.394 e. The molecule has 114 heavy (non-hydrogen) atoms. The normalized spacial score (nSPS) is 52.6. The van der Waals surface area contributed by atoms with Gasteiger partial charge in [0, 0.05) is 30.6 Å². The van der Waals surface area contributed by atoms with Crippen LogP contribution >= 0.6 is 0 Å². The van der Waals surface area contributed by atoms with E-state index in [9.17, 15) is 143 Å². The molecular weight excluding hydrogens is 1560 g/mol. The van der Waals surface area contributed by atoms with Crippen LogP contribution in [0.5, 0.6) is 0 Å². The van der Waals surface area contributed by atoms with Gasteiger partial charge in [-0.25, -0.2) is 0 Å². The second-order valence-electron chi connectivity index (χ2n) is 30.3. The van der Waals surface area contributed by atoms with Crippen LogP contribution in [-0.4, -0.2) is 492 Å². The first-order valence-corrected chi connectivity index (χ1v) is 37.5. The molecule has 1 amide bonds. The van der Waals surface area contributed by atoms with E-state index in [0.717, 1.165) is 6.92 Å². The second-order valence-corrected chi connectivity index (χ2v) is 30.3. The number of carbonyl (C=O) groups excluding carboxylic acids is 1. The summed E-state index contributed by atoms with van der Waals surface area (Å²) in [6, 6.07) is -1.55. The number of aliphatic hydroxyl groups is 27. The fraction of sp³-hybridized carbons (Fsp3) is 0.985. The van der Waals surface area contributed by atoms with Crippen molar-refractivity contribution in [1.82, 2.24) is 5.32 Å². The summed E-state index contributed by atoms with van der Waals surface area (Å²) < 4.78 is 114. The van der Waals surface area contributed by atoms with E-state index in [2.05, 4.69) is 5.32 Å². The number of hydrogen-bond donors (Lipinski definition) is 28. The van der Waals surface area contributed by atoms with Crippen molar-refractivity contribution in [3.8, 4) is 0 Å². The van der Waals surface area contributed by atoms with Crippen molar-refractivity contribution >= 4 is 5.91 Å². The number of nitrogens with one attached hydrogen (secondary N) is 1. The lowest BCUT2D eigenvalue weighted by atomic mass is 9.91. The van der Waals surface area contributed by atoms with Gasteiger partial charge in [0.05, 0.1) is 90.5 Å². The van der Waals surface area contributed by atoms with Crippen LogP contribution in [0.25, 0.3) is 0 Å². The summed E-state index contributed by atoms with van der Waals surface area (Å²) in [5.74, 6) is -5.86. The molecule has 664 valence electrons. The quantitative estimate of drug-likeness (QED) is 0.0331. The van der Waals surface area contributed by atoms with E-state index in [4.69, 9.17) is 90.0 Å². The van der Waals surface area contributed by atoms with Crippen molar-refractivity contribution in [2.45, 2.75) is 317 Å². The number of carbonyl (C=O) groups is 1. The number of ether oxygens (including phenoxy) is 19. The fourth-order valence-corrected chi connectivity index (χ4v) is 15.4. The molecular formula is C66H113NO47. The molecule has 48 nitrogen and oxygen atoms in total. The SMILES string of the molecule is CC(=O)NC1C(O)OC(CO)[C@@H](O[C@@H]2OC(CO)[C@@H](O[C@@H]3OC(CO[C@H]4OC(CO[C@@H]5OC(CO)[C@@H](O)[C@H](O)C5C)[C@@H](O)[C@H](O)C4O[C@@H]4OC(CO)[C@@H](O[C@@H]5OC(CO)[C@H](O)[C@H](O)C5O)[C@H](O)C4C)[C@@H](O)[C@H](O[C@@H]4OC(CO)[C@H](O)C(O)[C@@H]4O[C@@H]4OC(CO)[C@@H](O[C@@H]5OC(CO)[C@H](O)[C@H](O)C5O)[C@H](O)C4C)C3O)[C@H](O)C2C)[C@@H]1O. The Morgan fingerprint density at radius 2 is 0.518 bits per heavy atom. The Morgan fingerprint density at radius 1 is 0.246 bits per heavy atom. The number of rotatable bonds is 29. The van der Waals surface area contributed by atoms with E-state index in [1.807, 2.05) is 0 Å². The van der Waals surface area contributed by atoms with E-state index in [1.165, 1.54) is 27.7 Å². The highest BCUT2D eigenvalue weighted by atomic mass is 16.8. The van der Waals surface area contributed by atoms with E-state index in [-0.39, 0.29) is 0 Å². The molecule has 48 heteroatoms. The van der Waals surface area contributed by atoms with Crippen molar-refractivity contribution in [2.24, 2.45) is 23.7 Å². The van der Waals surface area contributed by atoms with Crippen LogP contribution in [0, 0.1) is 23.7 Å². The average molecular weight is 1670 g/mol. The van der Waals surface area contributed by atoms with Crippen LogP contribution in [0.15, 0.2) is 0 Å². The summed E-state index contributed by atoms with van der Waals surface area (Å²) in [4.78, 5) is 12.1. The number of hydrogen-bond acceptors (Lipinski definition) is 47. The summed E-state index contributed by atoms with van der Waals surface area (Å²) in [5, 5.41) is 301. The third-order valence-corrected chi connectivity index (χ3v) is 22.6. The van der Waals surface area contributed by atoms with Crippen molar-refractivity contribution < 1.29 is 233 Å². The van der Waals surface area contributed by atoms with Crippen LogP contribution in [0.3, 0.4) is 0 Å². The molecule has 21 unspecified atom stereocenters. The molecule has 10 aliphatic heterocycles. The van der Waals surface area contributed by atoms with Gasteiger partial charge in [-0.15, -0.1) is 0 Å². The number of amides is 1. The van der Waals surface area contributed by atoms with E-state index < -0.39 is 378 Å². The maximum absolute atomic E-state index is 12.7. The van der Waals surface area contributed by atoms with Crippen LogP contribution in [-0.2, 0) is 94.8 Å². The van der Waals surface area contributed by atoms with E-state index >= 15 is 0 Å². The maximum Gasteiger partial charge on any atom is 0.217 e. The molecule has 0 bridgehead atoms. The second kappa shape index (κ2) is 40.8. The van der Waals surface area contributed by atoms with Crippen molar-refractivity contribution in [3.05, 3.63) is 0 Å². The first-order chi connectivity index (χ1) is 54.0. The molecule has 50 atom stereocenters. The van der Waals surface area contributed by atoms with Gasteiger partial charge in [-0.1, -0.05) is 27.7 Å². The van der Waals surface area contributed by atoms with Gasteiger partial charge in [0.1, 0.15) is 195 Å². The van der Waals surface area contributed by atoms with Gasteiger partial charge in [-0.3, -0.25) is 4.79 Å². The molecule has 0 aromatic rings. The highest BCUT2D eigenvalue weighted by Gasteiger charge is 2.61. The largest absolute Gasteiger partial charge is 0.394 e. The highest BCUT2D eigenvalue weighted by Crippen LogP contribution is 2.42. The predicted octanol–water partition coefficient (Wildman–Crippen LogP) is -17.6. The molecule has 28 N–H and O–H groups in total. The average Bonchev–Trinajstić information content (AvgIpc) is 0.771. The molecule has 10 rings (SSSR count). The van der Waals surface area contributed by atoms with Gasteiger partial charge in [-0.2, -0.15) is 0 Å². The molecule has 0 saturated carbocycles. The lowest BCUT2D eigenvalue weighted by Gasteiger charge is -2.51. The molecule has 0 aromatic heterocycles.